The molecule has 0 amide bonds. The van der Waals surface area contributed by atoms with Crippen molar-refractivity contribution in [2.75, 3.05) is 27.2 Å². The second kappa shape index (κ2) is 6.17. The van der Waals surface area contributed by atoms with Crippen LogP contribution in [0.1, 0.15) is 13.3 Å². The molecule has 64 valence electrons. The zero-order chi connectivity index (χ0) is 8.69. The molecule has 0 bridgehead atoms. The van der Waals surface area contributed by atoms with Crippen molar-refractivity contribution >= 4 is 0 Å². The maximum Gasteiger partial charge on any atom is 0.0715 e. The molecule has 0 atom stereocenters. The molecular formula is C9H17NO. The van der Waals surface area contributed by atoms with Crippen LogP contribution in [0.15, 0.2) is 17.4 Å². The fraction of sp³-hybridized carbons (Fsp3) is 0.667. The zero-order valence-corrected chi connectivity index (χ0v) is 7.59. The van der Waals surface area contributed by atoms with E-state index in [0.29, 0.717) is 0 Å². The smallest absolute Gasteiger partial charge is 0.0715 e. The fourth-order valence-corrected chi connectivity index (χ4v) is 0.632. The zero-order valence-electron chi connectivity index (χ0n) is 7.59. The maximum absolute atomic E-state index is 8.76. The maximum atomic E-state index is 8.76. The Labute approximate surface area is 68.8 Å². The number of aliphatic hydroxyl groups is 1. The van der Waals surface area contributed by atoms with Gasteiger partial charge >= 0.3 is 0 Å². The number of likely N-dealkylation sites (N-methyl/N-ethyl adjacent to an activating group) is 1. The molecule has 0 saturated heterocycles. The van der Waals surface area contributed by atoms with Crippen LogP contribution in [0.3, 0.4) is 0 Å². The van der Waals surface area contributed by atoms with Gasteiger partial charge < -0.3 is 10.0 Å². The molecular weight excluding hydrogens is 138 g/mol. The van der Waals surface area contributed by atoms with Crippen molar-refractivity contribution in [3.8, 4) is 0 Å². The highest BCUT2D eigenvalue weighted by atomic mass is 16.3. The second-order valence-electron chi connectivity index (χ2n) is 2.73. The van der Waals surface area contributed by atoms with E-state index in [1.165, 1.54) is 0 Å². The Hall–Kier alpha value is -0.560. The van der Waals surface area contributed by atoms with E-state index in [1.54, 1.807) is 0 Å². The van der Waals surface area contributed by atoms with Crippen molar-refractivity contribution in [1.82, 2.24) is 4.90 Å². The van der Waals surface area contributed by atoms with Crippen molar-refractivity contribution in [1.29, 1.82) is 0 Å². The van der Waals surface area contributed by atoms with Gasteiger partial charge in [0.05, 0.1) is 6.61 Å². The van der Waals surface area contributed by atoms with Crippen LogP contribution in [-0.4, -0.2) is 37.3 Å². The van der Waals surface area contributed by atoms with E-state index in [9.17, 15) is 0 Å². The molecule has 0 fully saturated rings. The molecule has 0 spiro atoms. The Bertz CT molecular complexity index is 149. The molecule has 0 saturated carbocycles. The summed E-state index contributed by atoms with van der Waals surface area (Å²) >= 11 is 0. The molecule has 0 aliphatic rings. The van der Waals surface area contributed by atoms with Gasteiger partial charge in [-0.05, 0) is 32.2 Å². The molecule has 0 aromatic heterocycles. The van der Waals surface area contributed by atoms with Gasteiger partial charge in [-0.25, -0.2) is 0 Å². The summed E-state index contributed by atoms with van der Waals surface area (Å²) in [4.78, 5) is 2.05. The quantitative estimate of drug-likeness (QED) is 0.613. The van der Waals surface area contributed by atoms with Crippen LogP contribution in [0.2, 0.25) is 0 Å². The first-order valence-corrected chi connectivity index (χ1v) is 3.89. The Kier molecular flexibility index (Phi) is 5.86. The van der Waals surface area contributed by atoms with Crippen LogP contribution in [0.25, 0.3) is 0 Å². The Morgan fingerprint density at radius 2 is 2.18 bits per heavy atom. The van der Waals surface area contributed by atoms with Crippen LogP contribution in [-0.2, 0) is 0 Å². The first-order valence-electron chi connectivity index (χ1n) is 3.89. The van der Waals surface area contributed by atoms with Gasteiger partial charge in [0.15, 0.2) is 0 Å². The Morgan fingerprint density at radius 3 is 2.55 bits per heavy atom. The lowest BCUT2D eigenvalue weighted by Crippen LogP contribution is -2.10. The minimum atomic E-state index is 0.125. The van der Waals surface area contributed by atoms with Gasteiger partial charge in [-0.2, -0.15) is 0 Å². The first-order chi connectivity index (χ1) is 5.20. The number of hydrogen-bond acceptors (Lipinski definition) is 2. The number of nitrogens with zero attached hydrogens (tertiary/aromatic N) is 1. The summed E-state index contributed by atoms with van der Waals surface area (Å²) in [5.74, 6) is 0. The van der Waals surface area contributed by atoms with E-state index >= 15 is 0 Å². The molecule has 2 heteroatoms. The summed E-state index contributed by atoms with van der Waals surface area (Å²) in [6.45, 7) is 3.02. The van der Waals surface area contributed by atoms with Crippen molar-refractivity contribution in [2.45, 2.75) is 13.3 Å². The fourth-order valence-electron chi connectivity index (χ4n) is 0.632. The molecule has 0 aliphatic heterocycles. The average molecular weight is 155 g/mol. The van der Waals surface area contributed by atoms with Gasteiger partial charge in [0.2, 0.25) is 0 Å². The first kappa shape index (κ1) is 10.4. The van der Waals surface area contributed by atoms with E-state index in [0.717, 1.165) is 18.5 Å². The molecule has 0 unspecified atom stereocenters. The average Bonchev–Trinajstić information content (AvgIpc) is 1.98. The lowest BCUT2D eigenvalue weighted by molar-refractivity contribution is 0.328. The van der Waals surface area contributed by atoms with Crippen molar-refractivity contribution in [3.05, 3.63) is 17.4 Å². The van der Waals surface area contributed by atoms with Gasteiger partial charge in [-0.1, -0.05) is 6.92 Å². The number of aliphatic hydroxyl groups excluding tert-OH is 1. The number of hydrogen-bond donors (Lipinski definition) is 1. The molecule has 0 aromatic rings. The highest BCUT2D eigenvalue weighted by Gasteiger charge is 1.86. The third-order valence-electron chi connectivity index (χ3n) is 1.38. The predicted molar refractivity (Wildman–Crippen MR) is 47.5 cm³/mol. The largest absolute Gasteiger partial charge is 0.391 e. The van der Waals surface area contributed by atoms with Crippen LogP contribution >= 0.6 is 0 Å². The highest BCUT2D eigenvalue weighted by molar-refractivity contribution is 5.01. The minimum absolute atomic E-state index is 0.125. The van der Waals surface area contributed by atoms with E-state index in [-0.39, 0.29) is 6.61 Å². The third-order valence-corrected chi connectivity index (χ3v) is 1.38. The SMILES string of the molecule is CCC(=C=CCN(C)C)CO. The summed E-state index contributed by atoms with van der Waals surface area (Å²) < 4.78 is 0. The molecule has 0 heterocycles. The Balaban J connectivity index is 3.92. The molecule has 0 radical (unpaired) electrons. The van der Waals surface area contributed by atoms with E-state index < -0.39 is 0 Å². The topological polar surface area (TPSA) is 23.5 Å². The van der Waals surface area contributed by atoms with Crippen LogP contribution in [0.4, 0.5) is 0 Å². The summed E-state index contributed by atoms with van der Waals surface area (Å²) in [5.41, 5.74) is 4.02. The van der Waals surface area contributed by atoms with Gasteiger partial charge in [0, 0.05) is 6.54 Å². The van der Waals surface area contributed by atoms with E-state index in [2.05, 4.69) is 10.6 Å². The van der Waals surface area contributed by atoms with Crippen molar-refractivity contribution in [3.63, 3.8) is 0 Å². The lowest BCUT2D eigenvalue weighted by atomic mass is 10.2. The predicted octanol–water partition coefficient (Wildman–Crippen LogP) is 1.03. The standard InChI is InChI=1S/C9H17NO/c1-4-9(8-11)6-5-7-10(2)3/h5,11H,4,7-8H2,1-3H3. The van der Waals surface area contributed by atoms with Gasteiger partial charge in [-0.3, -0.25) is 0 Å². The van der Waals surface area contributed by atoms with Gasteiger partial charge in [-0.15, -0.1) is 5.73 Å². The molecule has 0 aromatic carbocycles. The summed E-state index contributed by atoms with van der Waals surface area (Å²) in [6, 6.07) is 0. The molecule has 0 rings (SSSR count). The van der Waals surface area contributed by atoms with Crippen molar-refractivity contribution < 1.29 is 5.11 Å². The lowest BCUT2D eigenvalue weighted by Gasteiger charge is -2.02. The second-order valence-corrected chi connectivity index (χ2v) is 2.73. The van der Waals surface area contributed by atoms with E-state index in [4.69, 9.17) is 5.11 Å². The summed E-state index contributed by atoms with van der Waals surface area (Å²) in [7, 11) is 4.01. The molecule has 11 heavy (non-hydrogen) atoms. The van der Waals surface area contributed by atoms with Crippen LogP contribution in [0, 0.1) is 0 Å². The normalized spacial score (nSPS) is 9.55. The van der Waals surface area contributed by atoms with Crippen LogP contribution in [0.5, 0.6) is 0 Å². The highest BCUT2D eigenvalue weighted by Crippen LogP contribution is 1.94. The summed E-state index contributed by atoms with van der Waals surface area (Å²) in [5, 5.41) is 8.76. The molecule has 0 aliphatic carbocycles. The Morgan fingerprint density at radius 1 is 1.55 bits per heavy atom. The van der Waals surface area contributed by atoms with Gasteiger partial charge in [0.1, 0.15) is 0 Å². The van der Waals surface area contributed by atoms with Crippen LogP contribution < -0.4 is 0 Å². The monoisotopic (exact) mass is 155 g/mol. The van der Waals surface area contributed by atoms with Crippen molar-refractivity contribution in [2.24, 2.45) is 0 Å². The molecule has 1 N–H and O–H groups in total. The minimum Gasteiger partial charge on any atom is -0.391 e. The molecule has 2 nitrogen and oxygen atoms in total. The third kappa shape index (κ3) is 5.86. The van der Waals surface area contributed by atoms with Gasteiger partial charge in [0.25, 0.3) is 0 Å². The number of rotatable bonds is 4. The van der Waals surface area contributed by atoms with E-state index in [1.807, 2.05) is 27.1 Å². The summed E-state index contributed by atoms with van der Waals surface area (Å²) in [6.07, 6.45) is 2.81.